The number of hydrogen-bond acceptors (Lipinski definition) is 3. The van der Waals surface area contributed by atoms with Gasteiger partial charge in [-0.25, -0.2) is 0 Å². The number of benzene rings is 1. The van der Waals surface area contributed by atoms with Gasteiger partial charge in [0.2, 0.25) is 0 Å². The quantitative estimate of drug-likeness (QED) is 0.879. The zero-order chi connectivity index (χ0) is 16.3. The monoisotopic (exact) mass is 301 g/mol. The summed E-state index contributed by atoms with van der Waals surface area (Å²) in [6.07, 6.45) is 1.50. The maximum Gasteiger partial charge on any atom is 0.310 e. The number of aliphatic carboxylic acids is 1. The van der Waals surface area contributed by atoms with Crippen LogP contribution in [0.3, 0.4) is 0 Å². The Morgan fingerprint density at radius 3 is 2.27 bits per heavy atom. The normalized spacial score (nSPS) is 12.2. The first-order valence-electron chi connectivity index (χ1n) is 7.11. The molecule has 0 spiro atoms. The number of carbonyl (C=O) groups excluding carboxylic acids is 1. The second kappa shape index (κ2) is 6.47. The molecule has 0 saturated heterocycles. The van der Waals surface area contributed by atoms with Gasteiger partial charge in [0.05, 0.1) is 12.2 Å². The van der Waals surface area contributed by atoms with Crippen molar-refractivity contribution in [3.05, 3.63) is 53.5 Å². The summed E-state index contributed by atoms with van der Waals surface area (Å²) in [7, 11) is 0. The number of hydrogen-bond donors (Lipinski definition) is 2. The third-order valence-corrected chi connectivity index (χ3v) is 3.56. The van der Waals surface area contributed by atoms with Crippen molar-refractivity contribution in [2.45, 2.75) is 32.6 Å². The van der Waals surface area contributed by atoms with E-state index in [9.17, 15) is 9.59 Å². The molecule has 5 heteroatoms. The topological polar surface area (TPSA) is 79.5 Å². The number of nitrogens with one attached hydrogen (secondary N) is 1. The highest BCUT2D eigenvalue weighted by Crippen LogP contribution is 2.23. The minimum Gasteiger partial charge on any atom is -0.481 e. The number of furan rings is 1. The van der Waals surface area contributed by atoms with Crippen molar-refractivity contribution in [1.29, 1.82) is 0 Å². The zero-order valence-electron chi connectivity index (χ0n) is 12.8. The number of amides is 1. The van der Waals surface area contributed by atoms with Crippen LogP contribution in [0.2, 0.25) is 0 Å². The lowest BCUT2D eigenvalue weighted by atomic mass is 10.0. The molecule has 2 aromatic rings. The van der Waals surface area contributed by atoms with Gasteiger partial charge in [0, 0.05) is 11.3 Å². The van der Waals surface area contributed by atoms with Crippen molar-refractivity contribution in [3.63, 3.8) is 0 Å². The fourth-order valence-corrected chi connectivity index (χ4v) is 2.14. The molecule has 0 fully saturated rings. The first-order chi connectivity index (χ1) is 10.4. The molecule has 1 aromatic carbocycles. The molecule has 0 bridgehead atoms. The minimum atomic E-state index is -0.881. The van der Waals surface area contributed by atoms with Gasteiger partial charge >= 0.3 is 5.97 Å². The van der Waals surface area contributed by atoms with E-state index in [1.54, 1.807) is 37.3 Å². The van der Waals surface area contributed by atoms with E-state index < -0.39 is 11.9 Å². The van der Waals surface area contributed by atoms with E-state index in [1.807, 2.05) is 13.8 Å². The van der Waals surface area contributed by atoms with Gasteiger partial charge in [-0.3, -0.25) is 9.59 Å². The Balaban J connectivity index is 2.12. The number of carbonyl (C=O) groups is 2. The largest absolute Gasteiger partial charge is 0.481 e. The summed E-state index contributed by atoms with van der Waals surface area (Å²) in [5, 5.41) is 11.7. The van der Waals surface area contributed by atoms with E-state index in [1.165, 1.54) is 6.26 Å². The van der Waals surface area contributed by atoms with E-state index in [4.69, 9.17) is 9.52 Å². The zero-order valence-corrected chi connectivity index (χ0v) is 12.8. The van der Waals surface area contributed by atoms with Crippen LogP contribution in [0.25, 0.3) is 0 Å². The van der Waals surface area contributed by atoms with Crippen LogP contribution in [0.5, 0.6) is 0 Å². The van der Waals surface area contributed by atoms with Gasteiger partial charge in [-0.05, 0) is 36.6 Å². The lowest BCUT2D eigenvalue weighted by molar-refractivity contribution is -0.138. The molecular formula is C17H19NO4. The predicted molar refractivity (Wildman–Crippen MR) is 83.2 cm³/mol. The SMILES string of the molecule is CC(C)c1ccoc1C(=O)Nc1ccc(C(C)C(=O)O)cc1. The van der Waals surface area contributed by atoms with Gasteiger partial charge < -0.3 is 14.8 Å². The molecule has 116 valence electrons. The smallest absolute Gasteiger partial charge is 0.310 e. The molecule has 0 saturated carbocycles. The first kappa shape index (κ1) is 15.8. The molecule has 1 atom stereocenters. The summed E-state index contributed by atoms with van der Waals surface area (Å²) >= 11 is 0. The third-order valence-electron chi connectivity index (χ3n) is 3.56. The summed E-state index contributed by atoms with van der Waals surface area (Å²) in [6.45, 7) is 5.60. The fourth-order valence-electron chi connectivity index (χ4n) is 2.14. The molecule has 1 heterocycles. The van der Waals surface area contributed by atoms with Crippen LogP contribution in [0.15, 0.2) is 41.0 Å². The number of carboxylic acids is 1. The van der Waals surface area contributed by atoms with Crippen LogP contribution in [0.1, 0.15) is 54.3 Å². The summed E-state index contributed by atoms with van der Waals surface area (Å²) in [6, 6.07) is 8.55. The van der Waals surface area contributed by atoms with E-state index in [0.29, 0.717) is 17.0 Å². The highest BCUT2D eigenvalue weighted by Gasteiger charge is 2.18. The van der Waals surface area contributed by atoms with Crippen molar-refractivity contribution in [1.82, 2.24) is 0 Å². The van der Waals surface area contributed by atoms with E-state index in [0.717, 1.165) is 5.56 Å². The number of carboxylic acid groups (broad SMARTS) is 1. The average molecular weight is 301 g/mol. The molecule has 5 nitrogen and oxygen atoms in total. The molecule has 2 rings (SSSR count). The highest BCUT2D eigenvalue weighted by atomic mass is 16.4. The van der Waals surface area contributed by atoms with E-state index in [2.05, 4.69) is 5.32 Å². The molecule has 1 amide bonds. The van der Waals surface area contributed by atoms with Crippen molar-refractivity contribution in [2.75, 3.05) is 5.32 Å². The lowest BCUT2D eigenvalue weighted by Crippen LogP contribution is -2.13. The first-order valence-corrected chi connectivity index (χ1v) is 7.11. The molecular weight excluding hydrogens is 282 g/mol. The summed E-state index contributed by atoms with van der Waals surface area (Å²) in [5.74, 6) is -1.28. The van der Waals surface area contributed by atoms with Crippen LogP contribution in [0, 0.1) is 0 Å². The molecule has 22 heavy (non-hydrogen) atoms. The minimum absolute atomic E-state index is 0.193. The van der Waals surface area contributed by atoms with Gasteiger partial charge in [-0.15, -0.1) is 0 Å². The lowest BCUT2D eigenvalue weighted by Gasteiger charge is -2.09. The van der Waals surface area contributed by atoms with Gasteiger partial charge in [-0.1, -0.05) is 26.0 Å². The Morgan fingerprint density at radius 2 is 1.73 bits per heavy atom. The number of rotatable bonds is 5. The van der Waals surface area contributed by atoms with Gasteiger partial charge in [0.25, 0.3) is 5.91 Å². The second-order valence-electron chi connectivity index (χ2n) is 5.50. The molecule has 2 N–H and O–H groups in total. The van der Waals surface area contributed by atoms with Gasteiger partial charge in [0.15, 0.2) is 5.76 Å². The summed E-state index contributed by atoms with van der Waals surface area (Å²) in [4.78, 5) is 23.2. The highest BCUT2D eigenvalue weighted by molar-refractivity contribution is 6.03. The maximum atomic E-state index is 12.2. The van der Waals surface area contributed by atoms with E-state index >= 15 is 0 Å². The number of anilines is 1. The Hall–Kier alpha value is -2.56. The summed E-state index contributed by atoms with van der Waals surface area (Å²) < 4.78 is 5.26. The van der Waals surface area contributed by atoms with Crippen LogP contribution >= 0.6 is 0 Å². The molecule has 0 aliphatic rings. The fraction of sp³-hybridized carbons (Fsp3) is 0.294. The van der Waals surface area contributed by atoms with Crippen molar-refractivity contribution < 1.29 is 19.1 Å². The Morgan fingerprint density at radius 1 is 1.09 bits per heavy atom. The molecule has 0 aliphatic carbocycles. The Labute approximate surface area is 129 Å². The van der Waals surface area contributed by atoms with E-state index in [-0.39, 0.29) is 11.8 Å². The van der Waals surface area contributed by atoms with Crippen LogP contribution in [-0.2, 0) is 4.79 Å². The van der Waals surface area contributed by atoms with Crippen LogP contribution in [-0.4, -0.2) is 17.0 Å². The van der Waals surface area contributed by atoms with Gasteiger partial charge in [0.1, 0.15) is 0 Å². The maximum absolute atomic E-state index is 12.2. The summed E-state index contributed by atoms with van der Waals surface area (Å²) in [5.41, 5.74) is 2.14. The van der Waals surface area contributed by atoms with Crippen molar-refractivity contribution >= 4 is 17.6 Å². The Kier molecular flexibility index (Phi) is 4.65. The van der Waals surface area contributed by atoms with Crippen molar-refractivity contribution in [2.24, 2.45) is 0 Å². The average Bonchev–Trinajstić information content (AvgIpc) is 2.97. The second-order valence-corrected chi connectivity index (χ2v) is 5.50. The standard InChI is InChI=1S/C17H19NO4/c1-10(2)14-8-9-22-15(14)16(19)18-13-6-4-12(5-7-13)11(3)17(20)21/h4-11H,1-3H3,(H,18,19)(H,20,21). The predicted octanol–water partition coefficient (Wildman–Crippen LogP) is 3.84. The van der Waals surface area contributed by atoms with Crippen LogP contribution < -0.4 is 5.32 Å². The van der Waals surface area contributed by atoms with Crippen LogP contribution in [0.4, 0.5) is 5.69 Å². The van der Waals surface area contributed by atoms with Gasteiger partial charge in [-0.2, -0.15) is 0 Å². The Bertz CT molecular complexity index is 670. The molecule has 0 radical (unpaired) electrons. The molecule has 0 aliphatic heterocycles. The molecule has 1 unspecified atom stereocenters. The van der Waals surface area contributed by atoms with Crippen molar-refractivity contribution in [3.8, 4) is 0 Å². The third kappa shape index (κ3) is 3.36. The molecule has 1 aromatic heterocycles.